The quantitative estimate of drug-likeness (QED) is 0.749. The number of rotatable bonds is 6. The van der Waals surface area contributed by atoms with Gasteiger partial charge in [-0.1, -0.05) is 48.5 Å². The lowest BCUT2D eigenvalue weighted by Gasteiger charge is -2.18. The van der Waals surface area contributed by atoms with Gasteiger partial charge in [-0.05, 0) is 28.7 Å². The van der Waals surface area contributed by atoms with Crippen molar-refractivity contribution < 1.29 is 24.6 Å². The predicted octanol–water partition coefficient (Wildman–Crippen LogP) is 2.23. The van der Waals surface area contributed by atoms with Crippen LogP contribution in [0, 0.1) is 0 Å². The first-order valence-electron chi connectivity index (χ1n) is 7.92. The molecule has 0 saturated carbocycles. The third-order valence-corrected chi connectivity index (χ3v) is 4.36. The lowest BCUT2D eigenvalue weighted by molar-refractivity contribution is -0.143. The maximum absolute atomic E-state index is 12.8. The number of amides is 1. The molecule has 25 heavy (non-hydrogen) atoms. The van der Waals surface area contributed by atoms with Crippen molar-refractivity contribution in [1.82, 2.24) is 5.32 Å². The third-order valence-electron chi connectivity index (χ3n) is 4.36. The van der Waals surface area contributed by atoms with Gasteiger partial charge in [0.25, 0.3) is 0 Å². The van der Waals surface area contributed by atoms with Gasteiger partial charge in [0, 0.05) is 6.42 Å². The van der Waals surface area contributed by atoms with E-state index in [0.717, 1.165) is 22.3 Å². The summed E-state index contributed by atoms with van der Waals surface area (Å²) >= 11 is 0. The van der Waals surface area contributed by atoms with E-state index in [1.807, 2.05) is 48.5 Å². The summed E-state index contributed by atoms with van der Waals surface area (Å²) in [6.07, 6.45) is -0.485. The average molecular weight is 339 g/mol. The molecule has 0 unspecified atom stereocenters. The third kappa shape index (κ3) is 3.24. The van der Waals surface area contributed by atoms with E-state index in [4.69, 9.17) is 5.11 Å². The summed E-state index contributed by atoms with van der Waals surface area (Å²) in [7, 11) is 0. The van der Waals surface area contributed by atoms with Crippen molar-refractivity contribution in [2.45, 2.75) is 24.8 Å². The Balaban J connectivity index is 1.89. The van der Waals surface area contributed by atoms with Gasteiger partial charge in [0.1, 0.15) is 6.04 Å². The monoisotopic (exact) mass is 339 g/mol. The molecular weight excluding hydrogens is 322 g/mol. The van der Waals surface area contributed by atoms with Crippen LogP contribution in [0.5, 0.6) is 0 Å². The van der Waals surface area contributed by atoms with Crippen LogP contribution in [0.2, 0.25) is 0 Å². The minimum atomic E-state index is -1.24. The van der Waals surface area contributed by atoms with E-state index in [-0.39, 0.29) is 12.8 Å². The minimum absolute atomic E-state index is 0.160. The lowest BCUT2D eigenvalue weighted by atomic mass is 9.95. The second-order valence-corrected chi connectivity index (χ2v) is 5.94. The standard InChI is InChI=1S/C19H17NO5/c21-16(22)10-9-15(19(24)25)20-18(23)17-13-7-3-1-5-11(13)12-6-2-4-8-14(12)17/h1-8,15,17H,9-10H2,(H,20,23)(H,21,22)(H,24,25)/t15-/m0/s1. The molecule has 0 fully saturated rings. The molecule has 1 atom stereocenters. The Morgan fingerprint density at radius 3 is 1.92 bits per heavy atom. The van der Waals surface area contributed by atoms with Gasteiger partial charge in [-0.3, -0.25) is 9.59 Å². The van der Waals surface area contributed by atoms with Crippen molar-refractivity contribution in [2.24, 2.45) is 0 Å². The number of benzene rings is 2. The smallest absolute Gasteiger partial charge is 0.326 e. The zero-order valence-corrected chi connectivity index (χ0v) is 13.3. The normalized spacial score (nSPS) is 13.6. The number of carbonyl (C=O) groups excluding carboxylic acids is 1. The maximum atomic E-state index is 12.8. The molecule has 0 saturated heterocycles. The molecule has 0 bridgehead atoms. The van der Waals surface area contributed by atoms with Crippen LogP contribution in [0.15, 0.2) is 48.5 Å². The van der Waals surface area contributed by atoms with Crippen LogP contribution in [0.4, 0.5) is 0 Å². The molecule has 6 heteroatoms. The molecule has 0 aromatic heterocycles. The molecule has 0 spiro atoms. The first-order chi connectivity index (χ1) is 12.0. The first-order valence-corrected chi connectivity index (χ1v) is 7.92. The van der Waals surface area contributed by atoms with Crippen molar-refractivity contribution in [3.63, 3.8) is 0 Å². The summed E-state index contributed by atoms with van der Waals surface area (Å²) in [5, 5.41) is 20.5. The molecule has 1 aliphatic rings. The number of carboxylic acids is 2. The number of hydrogen-bond donors (Lipinski definition) is 3. The highest BCUT2D eigenvalue weighted by Crippen LogP contribution is 2.44. The van der Waals surface area contributed by atoms with Gasteiger partial charge in [0.15, 0.2) is 0 Å². The van der Waals surface area contributed by atoms with Gasteiger partial charge in [0.05, 0.1) is 5.92 Å². The van der Waals surface area contributed by atoms with Gasteiger partial charge < -0.3 is 15.5 Å². The van der Waals surface area contributed by atoms with Gasteiger partial charge >= 0.3 is 11.9 Å². The van der Waals surface area contributed by atoms with Gasteiger partial charge in [-0.25, -0.2) is 4.79 Å². The Hall–Kier alpha value is -3.15. The second kappa shape index (κ2) is 6.76. The van der Waals surface area contributed by atoms with Crippen molar-refractivity contribution >= 4 is 17.8 Å². The lowest BCUT2D eigenvalue weighted by Crippen LogP contribution is -2.43. The molecule has 128 valence electrons. The van der Waals surface area contributed by atoms with Crippen LogP contribution in [-0.4, -0.2) is 34.1 Å². The summed E-state index contributed by atoms with van der Waals surface area (Å²) in [6, 6.07) is 13.8. The fourth-order valence-electron chi connectivity index (χ4n) is 3.22. The SMILES string of the molecule is O=C(O)CC[C@H](NC(=O)C1c2ccccc2-c2ccccc21)C(=O)O. The highest BCUT2D eigenvalue weighted by Gasteiger charge is 2.35. The van der Waals surface area contributed by atoms with Crippen molar-refractivity contribution in [3.8, 4) is 11.1 Å². The number of carbonyl (C=O) groups is 3. The first kappa shape index (κ1) is 16.7. The van der Waals surface area contributed by atoms with Crippen LogP contribution in [0.3, 0.4) is 0 Å². The summed E-state index contributed by atoms with van der Waals surface area (Å²) < 4.78 is 0. The van der Waals surface area contributed by atoms with E-state index in [1.165, 1.54) is 0 Å². The van der Waals surface area contributed by atoms with E-state index in [0.29, 0.717) is 0 Å². The molecule has 0 aliphatic heterocycles. The molecule has 0 radical (unpaired) electrons. The average Bonchev–Trinajstić information content (AvgIpc) is 2.92. The Kier molecular flexibility index (Phi) is 4.52. The summed E-state index contributed by atoms with van der Waals surface area (Å²) in [5.41, 5.74) is 3.55. The zero-order chi connectivity index (χ0) is 18.0. The molecule has 3 rings (SSSR count). The van der Waals surface area contributed by atoms with Crippen molar-refractivity contribution in [1.29, 1.82) is 0 Å². The van der Waals surface area contributed by atoms with Gasteiger partial charge in [-0.15, -0.1) is 0 Å². The largest absolute Gasteiger partial charge is 0.481 e. The van der Waals surface area contributed by atoms with Crippen LogP contribution in [0.25, 0.3) is 11.1 Å². The van der Waals surface area contributed by atoms with Crippen LogP contribution in [0.1, 0.15) is 29.9 Å². The molecule has 2 aromatic rings. The Morgan fingerprint density at radius 1 is 0.920 bits per heavy atom. The minimum Gasteiger partial charge on any atom is -0.481 e. The van der Waals surface area contributed by atoms with Gasteiger partial charge in [-0.2, -0.15) is 0 Å². The van der Waals surface area contributed by atoms with Crippen LogP contribution < -0.4 is 5.32 Å². The predicted molar refractivity (Wildman–Crippen MR) is 90.2 cm³/mol. The van der Waals surface area contributed by atoms with Crippen LogP contribution >= 0.6 is 0 Å². The molecule has 3 N–H and O–H groups in total. The number of fused-ring (bicyclic) bond motifs is 3. The Bertz CT molecular complexity index is 800. The Labute approximate surface area is 144 Å². The number of hydrogen-bond acceptors (Lipinski definition) is 3. The summed E-state index contributed by atoms with van der Waals surface area (Å²) in [4.78, 5) is 34.8. The van der Waals surface area contributed by atoms with Gasteiger partial charge in [0.2, 0.25) is 5.91 Å². The molecule has 1 amide bonds. The maximum Gasteiger partial charge on any atom is 0.326 e. The fraction of sp³-hybridized carbons (Fsp3) is 0.211. The highest BCUT2D eigenvalue weighted by molar-refractivity contribution is 5.97. The topological polar surface area (TPSA) is 104 Å². The summed E-state index contributed by atoms with van der Waals surface area (Å²) in [5.74, 6) is -3.37. The van der Waals surface area contributed by atoms with Crippen molar-refractivity contribution in [3.05, 3.63) is 59.7 Å². The number of aliphatic carboxylic acids is 2. The molecular formula is C19H17NO5. The zero-order valence-electron chi connectivity index (χ0n) is 13.3. The molecule has 0 heterocycles. The van der Waals surface area contributed by atoms with E-state index >= 15 is 0 Å². The molecule has 6 nitrogen and oxygen atoms in total. The van der Waals surface area contributed by atoms with E-state index in [9.17, 15) is 19.5 Å². The van der Waals surface area contributed by atoms with E-state index < -0.39 is 29.8 Å². The molecule has 1 aliphatic carbocycles. The fourth-order valence-corrected chi connectivity index (χ4v) is 3.22. The number of carboxylic acid groups (broad SMARTS) is 2. The van der Waals surface area contributed by atoms with Crippen LogP contribution in [-0.2, 0) is 14.4 Å². The Morgan fingerprint density at radius 2 is 1.44 bits per heavy atom. The van der Waals surface area contributed by atoms with E-state index in [2.05, 4.69) is 5.32 Å². The number of nitrogens with one attached hydrogen (secondary N) is 1. The molecule has 2 aromatic carbocycles. The van der Waals surface area contributed by atoms with E-state index in [1.54, 1.807) is 0 Å². The van der Waals surface area contributed by atoms with Crippen molar-refractivity contribution in [2.75, 3.05) is 0 Å². The second-order valence-electron chi connectivity index (χ2n) is 5.94. The summed E-state index contributed by atoms with van der Waals surface area (Å²) in [6.45, 7) is 0. The highest BCUT2D eigenvalue weighted by atomic mass is 16.4.